The molecular formula is C15H19N3O2S. The topological polar surface area (TPSA) is 62.3 Å². The van der Waals surface area contributed by atoms with Crippen LogP contribution in [0.1, 0.15) is 11.1 Å². The molecule has 5 nitrogen and oxygen atoms in total. The lowest BCUT2D eigenvalue weighted by Crippen LogP contribution is -2.27. The maximum atomic E-state index is 12.5. The molecule has 2 rings (SSSR count). The summed E-state index contributed by atoms with van der Waals surface area (Å²) in [6.07, 6.45) is 1.58. The van der Waals surface area contributed by atoms with Crippen LogP contribution in [0.3, 0.4) is 0 Å². The number of rotatable bonds is 5. The molecule has 0 fully saturated rings. The van der Waals surface area contributed by atoms with E-state index >= 15 is 0 Å². The standard InChI is InChI=1S/C15H19N3O2S/c1-12-4-7-14(8-5-12)18(3)21(19,20)15-9-6-13(10-16-2)11-17-15/h4-9,11,16H,10H2,1-3H3. The lowest BCUT2D eigenvalue weighted by molar-refractivity contribution is 0.590. The number of nitrogens with one attached hydrogen (secondary N) is 1. The molecule has 0 bridgehead atoms. The highest BCUT2D eigenvalue weighted by molar-refractivity contribution is 7.92. The molecule has 1 N–H and O–H groups in total. The van der Waals surface area contributed by atoms with Crippen molar-refractivity contribution in [3.05, 3.63) is 53.7 Å². The molecule has 0 radical (unpaired) electrons. The Bertz CT molecular complexity index is 695. The van der Waals surface area contributed by atoms with Crippen molar-refractivity contribution in [1.82, 2.24) is 10.3 Å². The molecule has 1 aromatic carbocycles. The van der Waals surface area contributed by atoms with Gasteiger partial charge >= 0.3 is 0 Å². The molecule has 1 heterocycles. The van der Waals surface area contributed by atoms with Crippen molar-refractivity contribution in [3.63, 3.8) is 0 Å². The SMILES string of the molecule is CNCc1ccc(S(=O)(=O)N(C)c2ccc(C)cc2)nc1. The van der Waals surface area contributed by atoms with Crippen LogP contribution in [0.4, 0.5) is 5.69 Å². The number of sulfonamides is 1. The highest BCUT2D eigenvalue weighted by atomic mass is 32.2. The van der Waals surface area contributed by atoms with Crippen LogP contribution in [0.5, 0.6) is 0 Å². The first kappa shape index (κ1) is 15.5. The molecule has 6 heteroatoms. The number of hydrogen-bond donors (Lipinski definition) is 1. The Morgan fingerprint density at radius 1 is 1.14 bits per heavy atom. The molecule has 0 unspecified atom stereocenters. The summed E-state index contributed by atoms with van der Waals surface area (Å²) < 4.78 is 26.3. The second-order valence-electron chi connectivity index (χ2n) is 4.84. The third kappa shape index (κ3) is 3.40. The van der Waals surface area contributed by atoms with Gasteiger partial charge in [0.25, 0.3) is 10.0 Å². The molecule has 0 spiro atoms. The van der Waals surface area contributed by atoms with Crippen molar-refractivity contribution in [2.24, 2.45) is 0 Å². The van der Waals surface area contributed by atoms with E-state index in [0.717, 1.165) is 11.1 Å². The normalized spacial score (nSPS) is 11.4. The van der Waals surface area contributed by atoms with Crippen LogP contribution in [0, 0.1) is 6.92 Å². The van der Waals surface area contributed by atoms with Crippen LogP contribution in [-0.4, -0.2) is 27.5 Å². The molecule has 0 saturated carbocycles. The Morgan fingerprint density at radius 2 is 1.81 bits per heavy atom. The van der Waals surface area contributed by atoms with Crippen LogP contribution >= 0.6 is 0 Å². The summed E-state index contributed by atoms with van der Waals surface area (Å²) in [5.74, 6) is 0. The van der Waals surface area contributed by atoms with Crippen LogP contribution in [-0.2, 0) is 16.6 Å². The number of nitrogens with zero attached hydrogens (tertiary/aromatic N) is 2. The summed E-state index contributed by atoms with van der Waals surface area (Å²) in [5.41, 5.74) is 2.63. The number of benzene rings is 1. The number of aromatic nitrogens is 1. The van der Waals surface area contributed by atoms with Gasteiger partial charge in [-0.25, -0.2) is 4.98 Å². The average molecular weight is 305 g/mol. The minimum atomic E-state index is -3.63. The largest absolute Gasteiger partial charge is 0.316 e. The number of aryl methyl sites for hydroxylation is 1. The molecular weight excluding hydrogens is 286 g/mol. The van der Waals surface area contributed by atoms with Crippen molar-refractivity contribution >= 4 is 15.7 Å². The summed E-state index contributed by atoms with van der Waals surface area (Å²) in [5, 5.41) is 3.04. The predicted octanol–water partition coefficient (Wildman–Crippen LogP) is 1.93. The zero-order valence-electron chi connectivity index (χ0n) is 12.4. The van der Waals surface area contributed by atoms with Crippen LogP contribution < -0.4 is 9.62 Å². The molecule has 0 aliphatic carbocycles. The van der Waals surface area contributed by atoms with E-state index in [4.69, 9.17) is 0 Å². The van der Waals surface area contributed by atoms with Crippen molar-refractivity contribution in [2.75, 3.05) is 18.4 Å². The first-order valence-electron chi connectivity index (χ1n) is 6.60. The first-order valence-corrected chi connectivity index (χ1v) is 8.04. The zero-order chi connectivity index (χ0) is 15.5. The number of pyridine rings is 1. The van der Waals surface area contributed by atoms with Crippen LogP contribution in [0.25, 0.3) is 0 Å². The Labute approximate surface area is 125 Å². The van der Waals surface area contributed by atoms with E-state index < -0.39 is 10.0 Å². The van der Waals surface area contributed by atoms with Crippen molar-refractivity contribution < 1.29 is 8.42 Å². The van der Waals surface area contributed by atoms with Gasteiger partial charge in [0, 0.05) is 19.8 Å². The third-order valence-corrected chi connectivity index (χ3v) is 4.90. The van der Waals surface area contributed by atoms with E-state index in [0.29, 0.717) is 12.2 Å². The quantitative estimate of drug-likeness (QED) is 0.917. The maximum absolute atomic E-state index is 12.5. The summed E-state index contributed by atoms with van der Waals surface area (Å²) in [6, 6.07) is 10.6. The maximum Gasteiger partial charge on any atom is 0.281 e. The number of anilines is 1. The van der Waals surface area contributed by atoms with Gasteiger partial charge < -0.3 is 5.32 Å². The molecule has 0 amide bonds. The molecule has 112 valence electrons. The molecule has 1 aromatic heterocycles. The Kier molecular flexibility index (Phi) is 4.59. The van der Waals surface area contributed by atoms with Gasteiger partial charge in [0.1, 0.15) is 0 Å². The summed E-state index contributed by atoms with van der Waals surface area (Å²) in [6.45, 7) is 2.61. The van der Waals surface area contributed by atoms with Gasteiger partial charge in [-0.3, -0.25) is 4.31 Å². The minimum absolute atomic E-state index is 0.0467. The molecule has 0 aliphatic rings. The lowest BCUT2D eigenvalue weighted by Gasteiger charge is -2.19. The third-order valence-electron chi connectivity index (χ3n) is 3.20. The summed E-state index contributed by atoms with van der Waals surface area (Å²) in [4.78, 5) is 4.06. The first-order chi connectivity index (χ1) is 9.95. The fraction of sp³-hybridized carbons (Fsp3) is 0.267. The van der Waals surface area contributed by atoms with E-state index in [-0.39, 0.29) is 5.03 Å². The Hall–Kier alpha value is -1.92. The molecule has 0 saturated heterocycles. The van der Waals surface area contributed by atoms with E-state index in [1.807, 2.05) is 26.1 Å². The van der Waals surface area contributed by atoms with Crippen molar-refractivity contribution in [1.29, 1.82) is 0 Å². The summed E-state index contributed by atoms with van der Waals surface area (Å²) in [7, 11) is -0.275. The fourth-order valence-electron chi connectivity index (χ4n) is 1.91. The van der Waals surface area contributed by atoms with E-state index in [9.17, 15) is 8.42 Å². The van der Waals surface area contributed by atoms with Gasteiger partial charge in [-0.1, -0.05) is 23.8 Å². The highest BCUT2D eigenvalue weighted by Gasteiger charge is 2.22. The molecule has 21 heavy (non-hydrogen) atoms. The molecule has 0 aliphatic heterocycles. The van der Waals surface area contributed by atoms with Gasteiger partial charge in [0.05, 0.1) is 5.69 Å². The van der Waals surface area contributed by atoms with E-state index in [1.54, 1.807) is 24.4 Å². The second kappa shape index (κ2) is 6.24. The predicted molar refractivity (Wildman–Crippen MR) is 83.8 cm³/mol. The summed E-state index contributed by atoms with van der Waals surface area (Å²) >= 11 is 0. The van der Waals surface area contributed by atoms with Gasteiger partial charge in [-0.15, -0.1) is 0 Å². The monoisotopic (exact) mass is 305 g/mol. The molecule has 0 atom stereocenters. The Morgan fingerprint density at radius 3 is 2.33 bits per heavy atom. The average Bonchev–Trinajstić information content (AvgIpc) is 2.48. The van der Waals surface area contributed by atoms with E-state index in [1.165, 1.54) is 17.4 Å². The van der Waals surface area contributed by atoms with Gasteiger partial charge in [0.2, 0.25) is 0 Å². The molecule has 2 aromatic rings. The smallest absolute Gasteiger partial charge is 0.281 e. The second-order valence-corrected chi connectivity index (χ2v) is 6.76. The minimum Gasteiger partial charge on any atom is -0.316 e. The fourth-order valence-corrected chi connectivity index (χ4v) is 3.01. The van der Waals surface area contributed by atoms with Gasteiger partial charge in [-0.2, -0.15) is 8.42 Å². The van der Waals surface area contributed by atoms with E-state index in [2.05, 4.69) is 10.3 Å². The lowest BCUT2D eigenvalue weighted by atomic mass is 10.2. The van der Waals surface area contributed by atoms with Crippen molar-refractivity contribution in [2.45, 2.75) is 18.5 Å². The number of hydrogen-bond acceptors (Lipinski definition) is 4. The van der Waals surface area contributed by atoms with Crippen LogP contribution in [0.2, 0.25) is 0 Å². The zero-order valence-corrected chi connectivity index (χ0v) is 13.2. The Balaban J connectivity index is 2.30. The van der Waals surface area contributed by atoms with Crippen LogP contribution in [0.15, 0.2) is 47.6 Å². The van der Waals surface area contributed by atoms with Gasteiger partial charge in [-0.05, 0) is 37.7 Å². The van der Waals surface area contributed by atoms with Gasteiger partial charge in [0.15, 0.2) is 5.03 Å². The van der Waals surface area contributed by atoms with Crippen molar-refractivity contribution in [3.8, 4) is 0 Å². The highest BCUT2D eigenvalue weighted by Crippen LogP contribution is 2.21.